The number of hydrogen-bond donors (Lipinski definition) is 1. The lowest BCUT2D eigenvalue weighted by Gasteiger charge is -2.10. The molecule has 0 fully saturated rings. The minimum atomic E-state index is 0.520. The maximum Gasteiger partial charge on any atom is 0.0817 e. The summed E-state index contributed by atoms with van der Waals surface area (Å²) in [6.07, 6.45) is 3.79. The normalized spacial score (nSPS) is 13.1. The number of rotatable bonds is 5. The summed E-state index contributed by atoms with van der Waals surface area (Å²) in [5.41, 5.74) is 1.15. The highest BCUT2D eigenvalue weighted by Crippen LogP contribution is 2.17. The van der Waals surface area contributed by atoms with E-state index in [-0.39, 0.29) is 0 Å². The number of aryl methyl sites for hydroxylation is 1. The fourth-order valence-electron chi connectivity index (χ4n) is 1.41. The molecule has 80 valence electrons. The average molecular weight is 216 g/mol. The smallest absolute Gasteiger partial charge is 0.0817 e. The molecule has 0 saturated heterocycles. The van der Waals surface area contributed by atoms with E-state index in [1.165, 1.54) is 0 Å². The van der Waals surface area contributed by atoms with Crippen LogP contribution in [-0.4, -0.2) is 22.9 Å². The molecular weight excluding hydrogens is 198 g/mol. The molecule has 1 aromatic heterocycles. The third kappa shape index (κ3) is 2.72. The van der Waals surface area contributed by atoms with Crippen molar-refractivity contribution in [2.24, 2.45) is 0 Å². The molecule has 1 N–H and O–H groups in total. The quantitative estimate of drug-likeness (QED) is 0.816. The lowest BCUT2D eigenvalue weighted by atomic mass is 10.1. The molecule has 0 amide bonds. The maximum absolute atomic E-state index is 6.05. The first-order valence-electron chi connectivity index (χ1n) is 5.06. The Morgan fingerprint density at radius 2 is 2.36 bits per heavy atom. The number of hydrogen-bond acceptors (Lipinski definition) is 2. The van der Waals surface area contributed by atoms with Crippen LogP contribution in [0.5, 0.6) is 0 Å². The predicted molar refractivity (Wildman–Crippen MR) is 59.8 cm³/mol. The van der Waals surface area contributed by atoms with Gasteiger partial charge in [-0.05, 0) is 33.7 Å². The lowest BCUT2D eigenvalue weighted by Crippen LogP contribution is -2.22. The van der Waals surface area contributed by atoms with E-state index < -0.39 is 0 Å². The number of aromatic nitrogens is 2. The molecule has 1 aromatic rings. The number of halogens is 1. The van der Waals surface area contributed by atoms with Crippen LogP contribution < -0.4 is 5.32 Å². The van der Waals surface area contributed by atoms with Crippen LogP contribution in [-0.2, 0) is 13.0 Å². The Morgan fingerprint density at radius 3 is 2.93 bits per heavy atom. The summed E-state index contributed by atoms with van der Waals surface area (Å²) in [5, 5.41) is 8.20. The Morgan fingerprint density at radius 1 is 1.64 bits per heavy atom. The summed E-state index contributed by atoms with van der Waals surface area (Å²) >= 11 is 6.05. The van der Waals surface area contributed by atoms with Crippen LogP contribution in [0.1, 0.15) is 26.0 Å². The van der Waals surface area contributed by atoms with Gasteiger partial charge in [-0.25, -0.2) is 0 Å². The zero-order chi connectivity index (χ0) is 10.6. The third-order valence-electron chi connectivity index (χ3n) is 2.50. The highest BCUT2D eigenvalue weighted by Gasteiger charge is 2.08. The third-order valence-corrected chi connectivity index (χ3v) is 2.82. The van der Waals surface area contributed by atoms with Crippen molar-refractivity contribution in [3.05, 3.63) is 16.9 Å². The number of nitrogens with zero attached hydrogens (tertiary/aromatic N) is 2. The molecule has 0 radical (unpaired) electrons. The Balaban J connectivity index is 2.60. The molecule has 3 nitrogen and oxygen atoms in total. The molecule has 0 aromatic carbocycles. The average Bonchev–Trinajstić information content (AvgIpc) is 2.55. The Hall–Kier alpha value is -0.540. The van der Waals surface area contributed by atoms with Gasteiger partial charge in [-0.15, -0.1) is 0 Å². The van der Waals surface area contributed by atoms with E-state index in [0.29, 0.717) is 6.04 Å². The second-order valence-electron chi connectivity index (χ2n) is 3.48. The summed E-state index contributed by atoms with van der Waals surface area (Å²) in [4.78, 5) is 0. The number of nitrogens with one attached hydrogen (secondary N) is 1. The SMILES string of the molecule is CCn1ncc(Cl)c1CCC(C)NC. The molecule has 0 spiro atoms. The fraction of sp³-hybridized carbons (Fsp3) is 0.700. The van der Waals surface area contributed by atoms with Crippen LogP contribution >= 0.6 is 11.6 Å². The fourth-order valence-corrected chi connectivity index (χ4v) is 1.64. The molecular formula is C10H18ClN3. The first-order valence-corrected chi connectivity index (χ1v) is 5.44. The zero-order valence-corrected chi connectivity index (χ0v) is 9.80. The van der Waals surface area contributed by atoms with Gasteiger partial charge in [-0.1, -0.05) is 11.6 Å². The van der Waals surface area contributed by atoms with Crippen molar-refractivity contribution in [1.82, 2.24) is 15.1 Å². The van der Waals surface area contributed by atoms with Crippen LogP contribution in [0.25, 0.3) is 0 Å². The summed E-state index contributed by atoms with van der Waals surface area (Å²) in [6.45, 7) is 5.13. The van der Waals surface area contributed by atoms with Crippen molar-refractivity contribution < 1.29 is 0 Å². The van der Waals surface area contributed by atoms with E-state index in [9.17, 15) is 0 Å². The van der Waals surface area contributed by atoms with Crippen molar-refractivity contribution in [2.45, 2.75) is 39.3 Å². The molecule has 4 heteroatoms. The van der Waals surface area contributed by atoms with Crippen molar-refractivity contribution in [3.8, 4) is 0 Å². The summed E-state index contributed by atoms with van der Waals surface area (Å²) in [5.74, 6) is 0. The molecule has 0 aliphatic rings. The standard InChI is InChI=1S/C10H18ClN3/c1-4-14-10(9(11)7-13-14)6-5-8(2)12-3/h7-8,12H,4-6H2,1-3H3. The van der Waals surface area contributed by atoms with Crippen LogP contribution in [0.4, 0.5) is 0 Å². The predicted octanol–water partition coefficient (Wildman–Crippen LogP) is 2.10. The lowest BCUT2D eigenvalue weighted by molar-refractivity contribution is 0.538. The first kappa shape index (κ1) is 11.5. The van der Waals surface area contributed by atoms with Gasteiger partial charge in [0, 0.05) is 12.6 Å². The Kier molecular flexibility index (Phi) is 4.42. The van der Waals surface area contributed by atoms with Gasteiger partial charge < -0.3 is 5.32 Å². The highest BCUT2D eigenvalue weighted by molar-refractivity contribution is 6.31. The van der Waals surface area contributed by atoms with E-state index in [4.69, 9.17) is 11.6 Å². The van der Waals surface area contributed by atoms with Gasteiger partial charge in [-0.2, -0.15) is 5.10 Å². The Labute approximate surface area is 90.4 Å². The summed E-state index contributed by atoms with van der Waals surface area (Å²) in [6, 6.07) is 0.520. The minimum absolute atomic E-state index is 0.520. The highest BCUT2D eigenvalue weighted by atomic mass is 35.5. The zero-order valence-electron chi connectivity index (χ0n) is 9.05. The molecule has 1 rings (SSSR count). The first-order chi connectivity index (χ1) is 6.69. The molecule has 0 aliphatic heterocycles. The second-order valence-corrected chi connectivity index (χ2v) is 3.89. The molecule has 1 unspecified atom stereocenters. The minimum Gasteiger partial charge on any atom is -0.317 e. The largest absolute Gasteiger partial charge is 0.317 e. The topological polar surface area (TPSA) is 29.9 Å². The van der Waals surface area contributed by atoms with E-state index in [1.807, 2.05) is 11.7 Å². The molecule has 1 heterocycles. The van der Waals surface area contributed by atoms with Crippen LogP contribution in [0.15, 0.2) is 6.20 Å². The molecule has 0 bridgehead atoms. The van der Waals surface area contributed by atoms with Crippen molar-refractivity contribution >= 4 is 11.6 Å². The monoisotopic (exact) mass is 215 g/mol. The van der Waals surface area contributed by atoms with Gasteiger partial charge in [0.25, 0.3) is 0 Å². The Bertz CT molecular complexity index is 283. The molecule has 0 saturated carbocycles. The molecule has 0 aliphatic carbocycles. The van der Waals surface area contributed by atoms with Gasteiger partial charge in [-0.3, -0.25) is 4.68 Å². The van der Waals surface area contributed by atoms with E-state index in [1.54, 1.807) is 6.20 Å². The van der Waals surface area contributed by atoms with Gasteiger partial charge in [0.05, 0.1) is 16.9 Å². The second kappa shape index (κ2) is 5.37. The van der Waals surface area contributed by atoms with E-state index in [2.05, 4.69) is 24.3 Å². The molecule has 1 atom stereocenters. The van der Waals surface area contributed by atoms with Gasteiger partial charge in [0.15, 0.2) is 0 Å². The van der Waals surface area contributed by atoms with Crippen molar-refractivity contribution in [3.63, 3.8) is 0 Å². The van der Waals surface area contributed by atoms with Gasteiger partial charge >= 0.3 is 0 Å². The van der Waals surface area contributed by atoms with Crippen LogP contribution in [0.3, 0.4) is 0 Å². The van der Waals surface area contributed by atoms with E-state index >= 15 is 0 Å². The summed E-state index contributed by atoms with van der Waals surface area (Å²) in [7, 11) is 1.98. The molecule has 14 heavy (non-hydrogen) atoms. The van der Waals surface area contributed by atoms with Crippen LogP contribution in [0.2, 0.25) is 5.02 Å². The van der Waals surface area contributed by atoms with Gasteiger partial charge in [0.1, 0.15) is 0 Å². The van der Waals surface area contributed by atoms with Crippen molar-refractivity contribution in [2.75, 3.05) is 7.05 Å². The van der Waals surface area contributed by atoms with Crippen molar-refractivity contribution in [1.29, 1.82) is 0 Å². The van der Waals surface area contributed by atoms with E-state index in [0.717, 1.165) is 30.1 Å². The van der Waals surface area contributed by atoms with Crippen LogP contribution in [0, 0.1) is 0 Å². The summed E-state index contributed by atoms with van der Waals surface area (Å²) < 4.78 is 1.96. The van der Waals surface area contributed by atoms with Gasteiger partial charge in [0.2, 0.25) is 0 Å². The maximum atomic E-state index is 6.05.